The summed E-state index contributed by atoms with van der Waals surface area (Å²) in [6.07, 6.45) is 0. The van der Waals surface area contributed by atoms with Gasteiger partial charge in [-0.1, -0.05) is 12.1 Å². The van der Waals surface area contributed by atoms with Gasteiger partial charge in [0.2, 0.25) is 0 Å². The smallest absolute Gasteiger partial charge is 0.121 e. The molecule has 1 aromatic carbocycles. The van der Waals surface area contributed by atoms with Crippen LogP contribution >= 0.6 is 0 Å². The first-order chi connectivity index (χ1) is 8.76. The van der Waals surface area contributed by atoms with E-state index in [-0.39, 0.29) is 12.6 Å². The fourth-order valence-electron chi connectivity index (χ4n) is 2.53. The normalized spacial score (nSPS) is 18.6. The molecule has 1 aliphatic rings. The van der Waals surface area contributed by atoms with E-state index in [9.17, 15) is 5.11 Å². The van der Waals surface area contributed by atoms with Gasteiger partial charge in [-0.3, -0.25) is 4.90 Å². The molecule has 0 aliphatic carbocycles. The second-order valence-corrected chi connectivity index (χ2v) is 4.71. The molecule has 2 rings (SSSR count). The van der Waals surface area contributed by atoms with Crippen LogP contribution in [0.15, 0.2) is 18.2 Å². The lowest BCUT2D eigenvalue weighted by Crippen LogP contribution is -2.46. The predicted octanol–water partition coefficient (Wildman–Crippen LogP) is 0.942. The highest BCUT2D eigenvalue weighted by atomic mass is 16.5. The van der Waals surface area contributed by atoms with Crippen molar-refractivity contribution in [1.82, 2.24) is 10.2 Å². The van der Waals surface area contributed by atoms with Gasteiger partial charge >= 0.3 is 0 Å². The van der Waals surface area contributed by atoms with Crippen LogP contribution in [0.3, 0.4) is 0 Å². The van der Waals surface area contributed by atoms with E-state index in [1.54, 1.807) is 7.11 Å². The number of aryl methyl sites for hydroxylation is 1. The Hall–Kier alpha value is -1.10. The summed E-state index contributed by atoms with van der Waals surface area (Å²) >= 11 is 0. The molecule has 1 saturated heterocycles. The molecule has 1 aromatic rings. The molecule has 1 atom stereocenters. The molecule has 4 heteroatoms. The third-order valence-electron chi connectivity index (χ3n) is 3.57. The Morgan fingerprint density at radius 3 is 2.67 bits per heavy atom. The van der Waals surface area contributed by atoms with Crippen molar-refractivity contribution in [3.63, 3.8) is 0 Å². The number of aliphatic hydroxyl groups excluding tert-OH is 1. The third kappa shape index (κ3) is 2.83. The first-order valence-corrected chi connectivity index (χ1v) is 6.46. The Bertz CT molecular complexity index is 389. The van der Waals surface area contributed by atoms with Crippen molar-refractivity contribution in [3.8, 4) is 5.75 Å². The van der Waals surface area contributed by atoms with E-state index >= 15 is 0 Å². The number of aliphatic hydroxyl groups is 1. The van der Waals surface area contributed by atoms with E-state index in [4.69, 9.17) is 4.74 Å². The van der Waals surface area contributed by atoms with Gasteiger partial charge in [0, 0.05) is 26.2 Å². The molecule has 2 N–H and O–H groups in total. The first kappa shape index (κ1) is 13.3. The minimum atomic E-state index is 0.0942. The fourth-order valence-corrected chi connectivity index (χ4v) is 2.53. The zero-order valence-corrected chi connectivity index (χ0v) is 11.1. The number of methoxy groups -OCH3 is 1. The standard InChI is InChI=1S/C14H22N2O2/c1-11-9-12(3-4-14(11)18-2)13(10-17)16-7-5-15-6-8-16/h3-4,9,13,15,17H,5-8,10H2,1-2H3/t13-/m0/s1. The van der Waals surface area contributed by atoms with Crippen molar-refractivity contribution >= 4 is 0 Å². The molecule has 0 bridgehead atoms. The lowest BCUT2D eigenvalue weighted by Gasteiger charge is -2.34. The van der Waals surface area contributed by atoms with Gasteiger partial charge in [0.05, 0.1) is 19.8 Å². The molecule has 0 saturated carbocycles. The maximum atomic E-state index is 9.66. The van der Waals surface area contributed by atoms with E-state index in [2.05, 4.69) is 22.3 Å². The summed E-state index contributed by atoms with van der Waals surface area (Å²) < 4.78 is 5.27. The Morgan fingerprint density at radius 1 is 1.39 bits per heavy atom. The molecular formula is C14H22N2O2. The molecule has 0 spiro atoms. The largest absolute Gasteiger partial charge is 0.496 e. The Balaban J connectivity index is 2.18. The third-order valence-corrected chi connectivity index (χ3v) is 3.57. The summed E-state index contributed by atoms with van der Waals surface area (Å²) in [5.74, 6) is 0.899. The number of hydrogen-bond donors (Lipinski definition) is 2. The number of rotatable bonds is 4. The second kappa shape index (κ2) is 6.18. The molecule has 0 aromatic heterocycles. The maximum absolute atomic E-state index is 9.66. The highest BCUT2D eigenvalue weighted by molar-refractivity contribution is 5.37. The number of piperazine rings is 1. The van der Waals surface area contributed by atoms with Crippen LogP contribution in [0.1, 0.15) is 17.2 Å². The lowest BCUT2D eigenvalue weighted by atomic mass is 10.0. The van der Waals surface area contributed by atoms with Crippen molar-refractivity contribution in [3.05, 3.63) is 29.3 Å². The quantitative estimate of drug-likeness (QED) is 0.835. The van der Waals surface area contributed by atoms with Gasteiger partial charge in [0.15, 0.2) is 0 Å². The molecule has 0 amide bonds. The second-order valence-electron chi connectivity index (χ2n) is 4.71. The number of nitrogens with one attached hydrogen (secondary N) is 1. The molecule has 100 valence electrons. The average molecular weight is 250 g/mol. The van der Waals surface area contributed by atoms with Gasteiger partial charge in [0.1, 0.15) is 5.75 Å². The van der Waals surface area contributed by atoms with Crippen molar-refractivity contribution in [1.29, 1.82) is 0 Å². The van der Waals surface area contributed by atoms with Crippen LogP contribution in [0.2, 0.25) is 0 Å². The molecule has 0 unspecified atom stereocenters. The minimum absolute atomic E-state index is 0.0942. The molecule has 1 heterocycles. The van der Waals surface area contributed by atoms with E-state index in [1.807, 2.05) is 13.0 Å². The Labute approximate surface area is 109 Å². The zero-order chi connectivity index (χ0) is 13.0. The van der Waals surface area contributed by atoms with Crippen molar-refractivity contribution in [2.24, 2.45) is 0 Å². The summed E-state index contributed by atoms with van der Waals surface area (Å²) in [6, 6.07) is 6.24. The summed E-state index contributed by atoms with van der Waals surface area (Å²) in [5.41, 5.74) is 2.28. The molecule has 1 fully saturated rings. The van der Waals surface area contributed by atoms with Crippen molar-refractivity contribution < 1.29 is 9.84 Å². The SMILES string of the molecule is COc1ccc([C@H](CO)N2CCNCC2)cc1C. The highest BCUT2D eigenvalue weighted by Gasteiger charge is 2.21. The van der Waals surface area contributed by atoms with Gasteiger partial charge in [-0.25, -0.2) is 0 Å². The number of hydrogen-bond acceptors (Lipinski definition) is 4. The van der Waals surface area contributed by atoms with Crippen LogP contribution in [0, 0.1) is 6.92 Å². The van der Waals surface area contributed by atoms with Crippen LogP contribution in [-0.4, -0.2) is 49.9 Å². The maximum Gasteiger partial charge on any atom is 0.121 e. The van der Waals surface area contributed by atoms with E-state index in [0.29, 0.717) is 0 Å². The van der Waals surface area contributed by atoms with E-state index in [0.717, 1.165) is 43.1 Å². The summed E-state index contributed by atoms with van der Waals surface area (Å²) in [7, 11) is 1.68. The van der Waals surface area contributed by atoms with E-state index < -0.39 is 0 Å². The molecule has 0 radical (unpaired) electrons. The van der Waals surface area contributed by atoms with Crippen LogP contribution in [0.5, 0.6) is 5.75 Å². The van der Waals surface area contributed by atoms with Crippen LogP contribution < -0.4 is 10.1 Å². The van der Waals surface area contributed by atoms with Gasteiger partial charge in [-0.2, -0.15) is 0 Å². The first-order valence-electron chi connectivity index (χ1n) is 6.46. The number of ether oxygens (including phenoxy) is 1. The van der Waals surface area contributed by atoms with Gasteiger partial charge in [-0.05, 0) is 24.1 Å². The van der Waals surface area contributed by atoms with Gasteiger partial charge < -0.3 is 15.2 Å². The number of benzene rings is 1. The topological polar surface area (TPSA) is 44.7 Å². The minimum Gasteiger partial charge on any atom is -0.496 e. The molecular weight excluding hydrogens is 228 g/mol. The molecule has 18 heavy (non-hydrogen) atoms. The average Bonchev–Trinajstić information content (AvgIpc) is 2.41. The highest BCUT2D eigenvalue weighted by Crippen LogP contribution is 2.26. The van der Waals surface area contributed by atoms with Crippen LogP contribution in [0.25, 0.3) is 0 Å². The fraction of sp³-hybridized carbons (Fsp3) is 0.571. The zero-order valence-electron chi connectivity index (χ0n) is 11.1. The van der Waals surface area contributed by atoms with Crippen LogP contribution in [-0.2, 0) is 0 Å². The van der Waals surface area contributed by atoms with Gasteiger partial charge in [0.25, 0.3) is 0 Å². The van der Waals surface area contributed by atoms with E-state index in [1.165, 1.54) is 0 Å². The summed E-state index contributed by atoms with van der Waals surface area (Å²) in [5, 5.41) is 13.0. The van der Waals surface area contributed by atoms with Crippen molar-refractivity contribution in [2.75, 3.05) is 39.9 Å². The van der Waals surface area contributed by atoms with Gasteiger partial charge in [-0.15, -0.1) is 0 Å². The van der Waals surface area contributed by atoms with Crippen LogP contribution in [0.4, 0.5) is 0 Å². The Kier molecular flexibility index (Phi) is 4.58. The Morgan fingerprint density at radius 2 is 2.11 bits per heavy atom. The molecule has 1 aliphatic heterocycles. The van der Waals surface area contributed by atoms with Crippen molar-refractivity contribution in [2.45, 2.75) is 13.0 Å². The summed E-state index contributed by atoms with van der Waals surface area (Å²) in [6.45, 7) is 6.14. The lowest BCUT2D eigenvalue weighted by molar-refractivity contribution is 0.111. The molecule has 4 nitrogen and oxygen atoms in total. The number of nitrogens with zero attached hydrogens (tertiary/aromatic N) is 1. The monoisotopic (exact) mass is 250 g/mol. The predicted molar refractivity (Wildman–Crippen MR) is 72.0 cm³/mol. The summed E-state index contributed by atoms with van der Waals surface area (Å²) in [4.78, 5) is 2.33.